The average molecular weight is 153 g/mol. The van der Waals surface area contributed by atoms with Crippen molar-refractivity contribution in [2.75, 3.05) is 13.2 Å². The minimum absolute atomic E-state index is 1.00. The molecule has 0 aromatic heterocycles. The van der Waals surface area contributed by atoms with Crippen molar-refractivity contribution >= 4 is 0 Å². The van der Waals surface area contributed by atoms with Crippen molar-refractivity contribution < 1.29 is 23.0 Å². The molecular formula is C5H11OZn. The Balaban J connectivity index is 0.000000162. The Hall–Kier alpha value is 0.583. The molecule has 0 saturated carbocycles. The van der Waals surface area contributed by atoms with Gasteiger partial charge in [0.05, 0.1) is 0 Å². The molecule has 1 nitrogen and oxygen atoms in total. The molecule has 0 bridgehead atoms. The normalized spacial score (nSPS) is 18.1. The van der Waals surface area contributed by atoms with Crippen LogP contribution in [0.25, 0.3) is 0 Å². The monoisotopic (exact) mass is 151 g/mol. The zero-order valence-electron chi connectivity index (χ0n) is 4.94. The maximum absolute atomic E-state index is 4.94. The average Bonchev–Trinajstić information content (AvgIpc) is 2.23. The van der Waals surface area contributed by atoms with Gasteiger partial charge in [0.2, 0.25) is 0 Å². The summed E-state index contributed by atoms with van der Waals surface area (Å²) in [5, 5.41) is 0. The van der Waals surface area contributed by atoms with Crippen LogP contribution in [0.1, 0.15) is 12.8 Å². The van der Waals surface area contributed by atoms with E-state index < -0.39 is 0 Å². The van der Waals surface area contributed by atoms with Crippen LogP contribution in [-0.2, 0) is 23.0 Å². The van der Waals surface area contributed by atoms with E-state index in [1.807, 2.05) is 0 Å². The molecule has 0 radical (unpaired) electrons. The van der Waals surface area contributed by atoms with Crippen LogP contribution < -0.4 is 0 Å². The van der Waals surface area contributed by atoms with Gasteiger partial charge in [-0.1, -0.05) is 0 Å². The van der Waals surface area contributed by atoms with Gasteiger partial charge in [0, 0.05) is 13.2 Å². The maximum atomic E-state index is 4.94. The number of hydrogen-bond donors (Lipinski definition) is 0. The molecule has 7 heavy (non-hydrogen) atoms. The molecule has 2 heteroatoms. The van der Waals surface area contributed by atoms with Gasteiger partial charge in [-0.2, -0.15) is 0 Å². The second kappa shape index (κ2) is 6.58. The zero-order chi connectivity index (χ0) is 5.54. The molecule has 0 aromatic rings. The molecule has 1 aliphatic heterocycles. The Morgan fingerprint density at radius 1 is 1.14 bits per heavy atom. The van der Waals surface area contributed by atoms with Crippen molar-refractivity contribution in [3.8, 4) is 0 Å². The summed E-state index contributed by atoms with van der Waals surface area (Å²) in [5.41, 5.74) is 2.12. The summed E-state index contributed by atoms with van der Waals surface area (Å²) in [4.78, 5) is 0. The molecule has 1 heterocycles. The third-order valence-electron chi connectivity index (χ3n) is 0.827. The van der Waals surface area contributed by atoms with Gasteiger partial charge < -0.3 is 4.74 Å². The molecule has 39 valence electrons. The Morgan fingerprint density at radius 2 is 1.57 bits per heavy atom. The second-order valence-electron chi connectivity index (χ2n) is 1.32. The summed E-state index contributed by atoms with van der Waals surface area (Å²) in [6.45, 7) is 2.00. The van der Waals surface area contributed by atoms with E-state index in [1.165, 1.54) is 31.1 Å². The topological polar surface area (TPSA) is 9.23 Å². The first-order valence-electron chi connectivity index (χ1n) is 2.78. The standard InChI is InChI=1S/C4H8O.CH3.Zn/c1-2-4-5-3-1;;/h1-4H2;1H3;. The van der Waals surface area contributed by atoms with Crippen molar-refractivity contribution in [1.82, 2.24) is 0 Å². The summed E-state index contributed by atoms with van der Waals surface area (Å²) in [5.74, 6) is 0. The molecule has 0 amide bonds. The van der Waals surface area contributed by atoms with E-state index >= 15 is 0 Å². The van der Waals surface area contributed by atoms with Crippen molar-refractivity contribution in [2.24, 2.45) is 0 Å². The number of rotatable bonds is 0. The van der Waals surface area contributed by atoms with Crippen LogP contribution in [0.2, 0.25) is 5.52 Å². The third-order valence-corrected chi connectivity index (χ3v) is 0.827. The molecule has 0 atom stereocenters. The Kier molecular flexibility index (Phi) is 7.13. The van der Waals surface area contributed by atoms with Crippen LogP contribution in [-0.4, -0.2) is 13.2 Å². The van der Waals surface area contributed by atoms with Crippen LogP contribution in [0.3, 0.4) is 0 Å². The summed E-state index contributed by atoms with van der Waals surface area (Å²) in [7, 11) is 0. The Bertz CT molecular complexity index is 19.7. The van der Waals surface area contributed by atoms with Gasteiger partial charge in [-0.05, 0) is 12.8 Å². The molecule has 0 spiro atoms. The molecule has 0 N–H and O–H groups in total. The quantitative estimate of drug-likeness (QED) is 0.477. The summed E-state index contributed by atoms with van der Waals surface area (Å²) >= 11 is 1.38. The van der Waals surface area contributed by atoms with Crippen LogP contribution in [0.4, 0.5) is 0 Å². The first-order chi connectivity index (χ1) is 3.50. The fourth-order valence-electron chi connectivity index (χ4n) is 0.510. The first-order valence-corrected chi connectivity index (χ1v) is 5.75. The predicted molar refractivity (Wildman–Crippen MR) is 25.9 cm³/mol. The van der Waals surface area contributed by atoms with E-state index in [4.69, 9.17) is 4.74 Å². The van der Waals surface area contributed by atoms with E-state index in [0.29, 0.717) is 0 Å². The van der Waals surface area contributed by atoms with Gasteiger partial charge in [0.1, 0.15) is 0 Å². The van der Waals surface area contributed by atoms with Gasteiger partial charge in [0.15, 0.2) is 0 Å². The van der Waals surface area contributed by atoms with Gasteiger partial charge in [-0.25, -0.2) is 0 Å². The summed E-state index contributed by atoms with van der Waals surface area (Å²) in [6.07, 6.45) is 2.56. The van der Waals surface area contributed by atoms with Gasteiger partial charge >= 0.3 is 23.8 Å². The van der Waals surface area contributed by atoms with Crippen molar-refractivity contribution in [3.63, 3.8) is 0 Å². The van der Waals surface area contributed by atoms with Crippen molar-refractivity contribution in [1.29, 1.82) is 0 Å². The SMILES string of the molecule is C1CCOC1.[CH3][Zn]. The van der Waals surface area contributed by atoms with Gasteiger partial charge in [-0.3, -0.25) is 0 Å². The molecule has 0 aromatic carbocycles. The van der Waals surface area contributed by atoms with E-state index in [2.05, 4.69) is 5.52 Å². The molecule has 0 unspecified atom stereocenters. The zero-order valence-corrected chi connectivity index (χ0v) is 7.91. The Morgan fingerprint density at radius 3 is 1.71 bits per heavy atom. The fraction of sp³-hybridized carbons (Fsp3) is 1.00. The minimum atomic E-state index is 1.00. The molecule has 1 saturated heterocycles. The Labute approximate surface area is 55.1 Å². The van der Waals surface area contributed by atoms with E-state index in [1.54, 1.807) is 0 Å². The third kappa shape index (κ3) is 4.44. The van der Waals surface area contributed by atoms with E-state index in [-0.39, 0.29) is 0 Å². The van der Waals surface area contributed by atoms with Crippen molar-refractivity contribution in [3.05, 3.63) is 0 Å². The predicted octanol–water partition coefficient (Wildman–Crippen LogP) is 1.38. The second-order valence-corrected chi connectivity index (χ2v) is 1.32. The summed E-state index contributed by atoms with van der Waals surface area (Å²) < 4.78 is 4.94. The van der Waals surface area contributed by atoms with Gasteiger partial charge in [-0.15, -0.1) is 0 Å². The molecule has 1 fully saturated rings. The van der Waals surface area contributed by atoms with Crippen LogP contribution in [0.15, 0.2) is 0 Å². The van der Waals surface area contributed by atoms with Crippen LogP contribution in [0.5, 0.6) is 0 Å². The fourth-order valence-corrected chi connectivity index (χ4v) is 0.510. The molecular weight excluding hydrogens is 141 g/mol. The summed E-state index contributed by atoms with van der Waals surface area (Å²) in [6, 6.07) is 0. The van der Waals surface area contributed by atoms with Crippen LogP contribution in [0, 0.1) is 0 Å². The van der Waals surface area contributed by atoms with Gasteiger partial charge in [0.25, 0.3) is 0 Å². The van der Waals surface area contributed by atoms with Crippen LogP contribution >= 0.6 is 0 Å². The first kappa shape index (κ1) is 7.58. The van der Waals surface area contributed by atoms with E-state index in [0.717, 1.165) is 13.2 Å². The molecule has 0 aliphatic carbocycles. The van der Waals surface area contributed by atoms with E-state index in [9.17, 15) is 0 Å². The molecule has 1 rings (SSSR count). The molecule has 1 aliphatic rings. The van der Waals surface area contributed by atoms with Crippen molar-refractivity contribution in [2.45, 2.75) is 18.4 Å². The number of hydrogen-bond acceptors (Lipinski definition) is 1. The number of ether oxygens (including phenoxy) is 1.